The maximum atomic E-state index is 4.51. The zero-order valence-corrected chi connectivity index (χ0v) is 12.2. The number of imidazole rings is 1. The zero-order chi connectivity index (χ0) is 13.1. The Hall–Kier alpha value is -0.830. The van der Waals surface area contributed by atoms with Crippen LogP contribution < -0.4 is 5.32 Å². The lowest BCUT2D eigenvalue weighted by atomic mass is 9.88. The van der Waals surface area contributed by atoms with Crippen molar-refractivity contribution in [1.82, 2.24) is 14.9 Å². The molecule has 1 N–H and O–H groups in total. The van der Waals surface area contributed by atoms with E-state index in [2.05, 4.69) is 62.6 Å². The maximum Gasteiger partial charge on any atom is 0.114 e. The van der Waals surface area contributed by atoms with E-state index in [9.17, 15) is 0 Å². The summed E-state index contributed by atoms with van der Waals surface area (Å²) in [5.41, 5.74) is 0.314. The van der Waals surface area contributed by atoms with Gasteiger partial charge in [-0.25, -0.2) is 4.98 Å². The van der Waals surface area contributed by atoms with Gasteiger partial charge < -0.3 is 9.88 Å². The molecule has 0 aromatic carbocycles. The van der Waals surface area contributed by atoms with Gasteiger partial charge in [-0.15, -0.1) is 0 Å². The van der Waals surface area contributed by atoms with Gasteiger partial charge in [0, 0.05) is 29.9 Å². The third-order valence-corrected chi connectivity index (χ3v) is 3.07. The summed E-state index contributed by atoms with van der Waals surface area (Å²) in [6.07, 6.45) is 5.06. The van der Waals surface area contributed by atoms with Crippen LogP contribution in [0.5, 0.6) is 0 Å². The van der Waals surface area contributed by atoms with Crippen LogP contribution in [0.1, 0.15) is 53.8 Å². The third kappa shape index (κ3) is 4.15. The topological polar surface area (TPSA) is 29.9 Å². The second-order valence-electron chi connectivity index (χ2n) is 6.35. The molecule has 0 aliphatic carbocycles. The first-order valence-electron chi connectivity index (χ1n) is 6.53. The van der Waals surface area contributed by atoms with E-state index < -0.39 is 0 Å². The molecule has 0 unspecified atom stereocenters. The van der Waals surface area contributed by atoms with Gasteiger partial charge in [0.1, 0.15) is 5.82 Å². The minimum absolute atomic E-state index is 0.123. The Morgan fingerprint density at radius 2 is 1.88 bits per heavy atom. The minimum Gasteiger partial charge on any atom is -0.335 e. The fourth-order valence-corrected chi connectivity index (χ4v) is 2.01. The number of aromatic nitrogens is 2. The molecule has 0 radical (unpaired) electrons. The highest BCUT2D eigenvalue weighted by Crippen LogP contribution is 2.25. The molecule has 0 saturated carbocycles. The van der Waals surface area contributed by atoms with Crippen LogP contribution in [-0.2, 0) is 12.0 Å². The maximum absolute atomic E-state index is 4.51. The van der Waals surface area contributed by atoms with E-state index in [0.717, 1.165) is 19.5 Å². The smallest absolute Gasteiger partial charge is 0.114 e. The average molecular weight is 237 g/mol. The predicted molar refractivity (Wildman–Crippen MR) is 73.3 cm³/mol. The molecule has 0 spiro atoms. The van der Waals surface area contributed by atoms with E-state index >= 15 is 0 Å². The van der Waals surface area contributed by atoms with Crippen LogP contribution in [0.4, 0.5) is 0 Å². The molecule has 0 amide bonds. The number of nitrogens with zero attached hydrogens (tertiary/aromatic N) is 2. The van der Waals surface area contributed by atoms with Crippen molar-refractivity contribution in [2.45, 2.75) is 65.5 Å². The molecule has 1 rings (SSSR count). The molecule has 3 heteroatoms. The van der Waals surface area contributed by atoms with Crippen LogP contribution in [0, 0.1) is 0 Å². The van der Waals surface area contributed by atoms with Crippen LogP contribution in [0.25, 0.3) is 0 Å². The summed E-state index contributed by atoms with van der Waals surface area (Å²) in [7, 11) is 0. The first kappa shape index (κ1) is 14.2. The van der Waals surface area contributed by atoms with E-state index in [1.807, 2.05) is 6.20 Å². The Balaban J connectivity index is 2.62. The van der Waals surface area contributed by atoms with Crippen LogP contribution in [-0.4, -0.2) is 21.6 Å². The van der Waals surface area contributed by atoms with Gasteiger partial charge in [0.05, 0.1) is 0 Å². The quantitative estimate of drug-likeness (QED) is 0.853. The average Bonchev–Trinajstić information content (AvgIpc) is 2.63. The van der Waals surface area contributed by atoms with Crippen LogP contribution in [0.15, 0.2) is 12.4 Å². The van der Waals surface area contributed by atoms with Crippen molar-refractivity contribution >= 4 is 0 Å². The molecule has 0 fully saturated rings. The van der Waals surface area contributed by atoms with Crippen molar-refractivity contribution in [3.05, 3.63) is 18.2 Å². The second kappa shape index (κ2) is 5.21. The van der Waals surface area contributed by atoms with Gasteiger partial charge in [0.25, 0.3) is 0 Å². The predicted octanol–water partition coefficient (Wildman–Crippen LogP) is 2.96. The van der Waals surface area contributed by atoms with Gasteiger partial charge in [-0.2, -0.15) is 0 Å². The molecule has 98 valence electrons. The molecule has 0 aliphatic heterocycles. The normalized spacial score (nSPS) is 13.1. The lowest BCUT2D eigenvalue weighted by molar-refractivity contribution is 0.363. The molecule has 0 bridgehead atoms. The second-order valence-corrected chi connectivity index (χ2v) is 6.35. The number of hydrogen-bond donors (Lipinski definition) is 1. The van der Waals surface area contributed by atoms with Crippen molar-refractivity contribution in [3.8, 4) is 0 Å². The summed E-state index contributed by atoms with van der Waals surface area (Å²) in [5.74, 6) is 1.19. The van der Waals surface area contributed by atoms with E-state index in [-0.39, 0.29) is 11.0 Å². The van der Waals surface area contributed by atoms with Gasteiger partial charge >= 0.3 is 0 Å². The highest BCUT2D eigenvalue weighted by atomic mass is 15.1. The summed E-state index contributed by atoms with van der Waals surface area (Å²) in [5, 5.41) is 3.54. The fraction of sp³-hybridized carbons (Fsp3) is 0.786. The summed E-state index contributed by atoms with van der Waals surface area (Å²) >= 11 is 0. The van der Waals surface area contributed by atoms with Crippen molar-refractivity contribution < 1.29 is 0 Å². The molecular formula is C14H27N3. The third-order valence-electron chi connectivity index (χ3n) is 3.07. The van der Waals surface area contributed by atoms with E-state index in [0.29, 0.717) is 0 Å². The van der Waals surface area contributed by atoms with Crippen LogP contribution in [0.2, 0.25) is 0 Å². The summed E-state index contributed by atoms with van der Waals surface area (Å²) in [4.78, 5) is 4.51. The van der Waals surface area contributed by atoms with E-state index in [4.69, 9.17) is 0 Å². The molecule has 1 heterocycles. The molecule has 0 saturated heterocycles. The lowest BCUT2D eigenvalue weighted by Gasteiger charge is -2.28. The van der Waals surface area contributed by atoms with Gasteiger partial charge in [0.15, 0.2) is 0 Å². The number of nitrogens with one attached hydrogen (secondary N) is 1. The SMILES string of the molecule is CCn1ccnc1C(C)(C)CCNC(C)(C)C. The Morgan fingerprint density at radius 1 is 1.24 bits per heavy atom. The van der Waals surface area contributed by atoms with Crippen molar-refractivity contribution in [2.24, 2.45) is 0 Å². The van der Waals surface area contributed by atoms with Crippen molar-refractivity contribution in [3.63, 3.8) is 0 Å². The Bertz CT molecular complexity index is 345. The number of aryl methyl sites for hydroxylation is 1. The minimum atomic E-state index is 0.123. The molecule has 0 atom stereocenters. The van der Waals surface area contributed by atoms with Crippen LogP contribution >= 0.6 is 0 Å². The van der Waals surface area contributed by atoms with Gasteiger partial charge in [-0.1, -0.05) is 13.8 Å². The Labute approximate surface area is 106 Å². The number of hydrogen-bond acceptors (Lipinski definition) is 2. The molecule has 17 heavy (non-hydrogen) atoms. The highest BCUT2D eigenvalue weighted by Gasteiger charge is 2.25. The van der Waals surface area contributed by atoms with Gasteiger partial charge in [-0.05, 0) is 40.7 Å². The van der Waals surface area contributed by atoms with Gasteiger partial charge in [0.2, 0.25) is 0 Å². The lowest BCUT2D eigenvalue weighted by Crippen LogP contribution is -2.39. The van der Waals surface area contributed by atoms with Gasteiger partial charge in [-0.3, -0.25) is 0 Å². The zero-order valence-electron chi connectivity index (χ0n) is 12.2. The number of rotatable bonds is 5. The first-order chi connectivity index (χ1) is 7.76. The van der Waals surface area contributed by atoms with Crippen molar-refractivity contribution in [1.29, 1.82) is 0 Å². The monoisotopic (exact) mass is 237 g/mol. The standard InChI is InChI=1S/C14H27N3/c1-7-17-11-10-15-12(17)14(5,6)8-9-16-13(2,3)4/h10-11,16H,7-9H2,1-6H3. The molecule has 0 aliphatic rings. The van der Waals surface area contributed by atoms with E-state index in [1.54, 1.807) is 0 Å². The largest absolute Gasteiger partial charge is 0.335 e. The highest BCUT2D eigenvalue weighted by molar-refractivity contribution is 5.07. The van der Waals surface area contributed by atoms with Crippen LogP contribution in [0.3, 0.4) is 0 Å². The Morgan fingerprint density at radius 3 is 2.41 bits per heavy atom. The molecule has 1 aromatic rings. The molecule has 3 nitrogen and oxygen atoms in total. The first-order valence-corrected chi connectivity index (χ1v) is 6.53. The summed E-state index contributed by atoms with van der Waals surface area (Å²) in [6, 6.07) is 0. The fourth-order valence-electron chi connectivity index (χ4n) is 2.01. The van der Waals surface area contributed by atoms with E-state index in [1.165, 1.54) is 5.82 Å². The van der Waals surface area contributed by atoms with Crippen molar-refractivity contribution in [2.75, 3.05) is 6.54 Å². The molecule has 1 aromatic heterocycles. The summed E-state index contributed by atoms with van der Waals surface area (Å²) < 4.78 is 2.23. The molecular weight excluding hydrogens is 210 g/mol. The summed E-state index contributed by atoms with van der Waals surface area (Å²) in [6.45, 7) is 15.3. The Kier molecular flexibility index (Phi) is 4.36.